The predicted octanol–water partition coefficient (Wildman–Crippen LogP) is 6.17. The molecule has 0 aliphatic carbocycles. The Morgan fingerprint density at radius 2 is 0.900 bits per heavy atom. The van der Waals surface area contributed by atoms with Gasteiger partial charge in [0.1, 0.15) is 0 Å². The van der Waals surface area contributed by atoms with Crippen LogP contribution in [0.4, 0.5) is 0 Å². The summed E-state index contributed by atoms with van der Waals surface area (Å²) < 4.78 is 0. The van der Waals surface area contributed by atoms with Crippen molar-refractivity contribution >= 4 is 0 Å². The van der Waals surface area contributed by atoms with Crippen molar-refractivity contribution in [3.63, 3.8) is 0 Å². The van der Waals surface area contributed by atoms with Crippen molar-refractivity contribution in [1.29, 1.82) is 0 Å². The lowest BCUT2D eigenvalue weighted by Gasteiger charge is -2.02. The van der Waals surface area contributed by atoms with Crippen molar-refractivity contribution in [2.75, 3.05) is 0 Å². The van der Waals surface area contributed by atoms with E-state index in [9.17, 15) is 0 Å². The molecule has 1 nitrogen and oxygen atoms in total. The van der Waals surface area contributed by atoms with E-state index in [-0.39, 0.29) is 0 Å². The molecule has 0 rings (SSSR count). The summed E-state index contributed by atoms with van der Waals surface area (Å²) in [4.78, 5) is 0. The molecule has 0 bridgehead atoms. The Morgan fingerprint density at radius 3 is 1.25 bits per heavy atom. The fourth-order valence-corrected chi connectivity index (χ4v) is 2.66. The molecular formula is C19H37N. The van der Waals surface area contributed by atoms with Gasteiger partial charge in [0.15, 0.2) is 0 Å². The van der Waals surface area contributed by atoms with Gasteiger partial charge in [0.2, 0.25) is 0 Å². The van der Waals surface area contributed by atoms with E-state index in [1.165, 1.54) is 96.3 Å². The van der Waals surface area contributed by atoms with Gasteiger partial charge in [-0.3, -0.25) is 0 Å². The van der Waals surface area contributed by atoms with E-state index in [1.807, 2.05) is 0 Å². The number of hydrogen-bond acceptors (Lipinski definition) is 1. The second-order valence-corrected chi connectivity index (χ2v) is 6.02. The Labute approximate surface area is 128 Å². The highest BCUT2D eigenvalue weighted by molar-refractivity contribution is 4.93. The summed E-state index contributed by atoms with van der Waals surface area (Å²) in [6.45, 7) is 2.29. The molecule has 0 unspecified atom stereocenters. The molecule has 0 saturated heterocycles. The monoisotopic (exact) mass is 279 g/mol. The number of rotatable bonds is 15. The van der Waals surface area contributed by atoms with Crippen molar-refractivity contribution in [3.8, 4) is 12.0 Å². The molecule has 0 amide bonds. The quantitative estimate of drug-likeness (QED) is 0.216. The number of nitrogens with two attached hydrogens (primary N) is 1. The minimum atomic E-state index is 0.981. The van der Waals surface area contributed by atoms with Crippen LogP contribution in [0.2, 0.25) is 0 Å². The average molecular weight is 280 g/mol. The van der Waals surface area contributed by atoms with Gasteiger partial charge in [0.25, 0.3) is 0 Å². The minimum Gasteiger partial charge on any atom is -0.359 e. The van der Waals surface area contributed by atoms with Crippen molar-refractivity contribution in [2.24, 2.45) is 5.73 Å². The first-order valence-corrected chi connectivity index (χ1v) is 9.10. The van der Waals surface area contributed by atoms with Crippen LogP contribution in [0.5, 0.6) is 0 Å². The van der Waals surface area contributed by atoms with E-state index in [0.717, 1.165) is 6.42 Å². The smallest absolute Gasteiger partial charge is 0.0107 e. The van der Waals surface area contributed by atoms with Gasteiger partial charge >= 0.3 is 0 Å². The number of hydrogen-bond donors (Lipinski definition) is 1. The molecule has 0 aliphatic heterocycles. The van der Waals surface area contributed by atoms with Crippen LogP contribution in [0.15, 0.2) is 0 Å². The molecule has 2 N–H and O–H groups in total. The molecule has 118 valence electrons. The van der Waals surface area contributed by atoms with Crippen molar-refractivity contribution in [1.82, 2.24) is 0 Å². The highest BCUT2D eigenvalue weighted by atomic mass is 14.4. The molecule has 0 atom stereocenters. The van der Waals surface area contributed by atoms with E-state index in [0.29, 0.717) is 0 Å². The summed E-state index contributed by atoms with van der Waals surface area (Å²) >= 11 is 0. The van der Waals surface area contributed by atoms with Gasteiger partial charge in [0.05, 0.1) is 0 Å². The largest absolute Gasteiger partial charge is 0.359 e. The lowest BCUT2D eigenvalue weighted by molar-refractivity contribution is 0.533. The van der Waals surface area contributed by atoms with Gasteiger partial charge in [-0.1, -0.05) is 103 Å². The Balaban J connectivity index is 2.93. The van der Waals surface area contributed by atoms with Crippen LogP contribution in [0.1, 0.15) is 110 Å². The first kappa shape index (κ1) is 19.4. The summed E-state index contributed by atoms with van der Waals surface area (Å²) in [7, 11) is 0. The molecule has 0 heterocycles. The van der Waals surface area contributed by atoms with E-state index < -0.39 is 0 Å². The second kappa shape index (κ2) is 18.4. The fourth-order valence-electron chi connectivity index (χ4n) is 2.66. The van der Waals surface area contributed by atoms with Gasteiger partial charge in [-0.25, -0.2) is 0 Å². The van der Waals surface area contributed by atoms with E-state index in [2.05, 4.69) is 18.9 Å². The highest BCUT2D eigenvalue weighted by Crippen LogP contribution is 2.13. The molecule has 0 aromatic rings. The highest BCUT2D eigenvalue weighted by Gasteiger charge is 1.93. The first-order valence-electron chi connectivity index (χ1n) is 9.10. The van der Waals surface area contributed by atoms with Crippen molar-refractivity contribution < 1.29 is 0 Å². The van der Waals surface area contributed by atoms with Gasteiger partial charge < -0.3 is 5.73 Å². The van der Waals surface area contributed by atoms with Crippen LogP contribution >= 0.6 is 0 Å². The molecule has 0 radical (unpaired) electrons. The maximum Gasteiger partial charge on any atom is 0.0107 e. The third-order valence-corrected chi connectivity index (χ3v) is 4.01. The molecule has 0 spiro atoms. The first-order chi connectivity index (χ1) is 9.91. The molecule has 0 aromatic carbocycles. The zero-order valence-electron chi connectivity index (χ0n) is 13.9. The van der Waals surface area contributed by atoms with Gasteiger partial charge in [0, 0.05) is 12.5 Å². The third kappa shape index (κ3) is 17.4. The standard InChI is InChI=1S/C19H37N/c1-2-3-4-5-6-7-8-9-10-11-12-13-14-15-16-17-18-19-20/h2-17,20H2,1H3. The molecule has 0 aliphatic rings. The summed E-state index contributed by atoms with van der Waals surface area (Å²) in [6.07, 6.45) is 22.2. The fraction of sp³-hybridized carbons (Fsp3) is 0.895. The van der Waals surface area contributed by atoms with E-state index >= 15 is 0 Å². The van der Waals surface area contributed by atoms with Gasteiger partial charge in [-0.15, -0.1) is 0 Å². The normalized spacial score (nSPS) is 10.2. The maximum atomic E-state index is 5.13. The molecule has 0 saturated carbocycles. The lowest BCUT2D eigenvalue weighted by Crippen LogP contribution is -1.83. The van der Waals surface area contributed by atoms with Crippen LogP contribution < -0.4 is 5.73 Å². The average Bonchev–Trinajstić information content (AvgIpc) is 2.47. The summed E-state index contributed by atoms with van der Waals surface area (Å²) in [5.74, 6) is 2.92. The van der Waals surface area contributed by atoms with E-state index in [4.69, 9.17) is 5.73 Å². The van der Waals surface area contributed by atoms with Crippen LogP contribution in [-0.4, -0.2) is 0 Å². The number of unbranched alkanes of at least 4 members (excludes halogenated alkanes) is 15. The molecule has 1 heteroatoms. The van der Waals surface area contributed by atoms with E-state index in [1.54, 1.807) is 0 Å². The van der Waals surface area contributed by atoms with Crippen molar-refractivity contribution in [3.05, 3.63) is 0 Å². The second-order valence-electron chi connectivity index (χ2n) is 6.02. The SMILES string of the molecule is CCCCCCCCCCCCCCCCCC#CN. The van der Waals surface area contributed by atoms with Crippen LogP contribution in [0, 0.1) is 12.0 Å². The maximum absolute atomic E-state index is 5.13. The minimum absolute atomic E-state index is 0.981. The molecular weight excluding hydrogens is 242 g/mol. The van der Waals surface area contributed by atoms with Crippen LogP contribution in [-0.2, 0) is 0 Å². The summed E-state index contributed by atoms with van der Waals surface area (Å²) in [6, 6.07) is 2.47. The van der Waals surface area contributed by atoms with Gasteiger partial charge in [-0.2, -0.15) is 0 Å². The Bertz CT molecular complexity index is 224. The van der Waals surface area contributed by atoms with Crippen LogP contribution in [0.3, 0.4) is 0 Å². The Hall–Kier alpha value is -0.640. The Kier molecular flexibility index (Phi) is 17.8. The third-order valence-electron chi connectivity index (χ3n) is 4.01. The molecule has 0 fully saturated rings. The van der Waals surface area contributed by atoms with Gasteiger partial charge in [-0.05, 0) is 6.42 Å². The Morgan fingerprint density at radius 1 is 0.550 bits per heavy atom. The summed E-state index contributed by atoms with van der Waals surface area (Å²) in [5.41, 5.74) is 5.13. The summed E-state index contributed by atoms with van der Waals surface area (Å²) in [5, 5.41) is 0. The predicted molar refractivity (Wildman–Crippen MR) is 91.5 cm³/mol. The molecule has 0 aromatic heterocycles. The zero-order valence-corrected chi connectivity index (χ0v) is 13.9. The lowest BCUT2D eigenvalue weighted by atomic mass is 10.0. The topological polar surface area (TPSA) is 26.0 Å². The zero-order chi connectivity index (χ0) is 14.7. The van der Waals surface area contributed by atoms with Crippen molar-refractivity contribution in [2.45, 2.75) is 110 Å². The molecule has 20 heavy (non-hydrogen) atoms. The van der Waals surface area contributed by atoms with Crippen LogP contribution in [0.25, 0.3) is 0 Å².